The monoisotopic (exact) mass is 297 g/mol. The average molecular weight is 297 g/mol. The van der Waals surface area contributed by atoms with E-state index in [9.17, 15) is 4.79 Å². The Balaban J connectivity index is 1.97. The van der Waals surface area contributed by atoms with Gasteiger partial charge in [0.15, 0.2) is 0 Å². The molecule has 0 spiro atoms. The van der Waals surface area contributed by atoms with Crippen LogP contribution in [0.2, 0.25) is 0 Å². The molecular weight excluding hydrogens is 274 g/mol. The molecule has 1 amide bonds. The molecule has 22 heavy (non-hydrogen) atoms. The van der Waals surface area contributed by atoms with Crippen molar-refractivity contribution in [1.82, 2.24) is 5.32 Å². The minimum Gasteiger partial charge on any atom is -0.494 e. The molecule has 2 aromatic carbocycles. The fourth-order valence-electron chi connectivity index (χ4n) is 2.14. The van der Waals surface area contributed by atoms with E-state index in [2.05, 4.69) is 31.3 Å². The number of nitrogens with one attached hydrogen (secondary N) is 1. The van der Waals surface area contributed by atoms with Gasteiger partial charge in [0, 0.05) is 5.56 Å². The van der Waals surface area contributed by atoms with Crippen LogP contribution in [0.15, 0.2) is 48.5 Å². The lowest BCUT2D eigenvalue weighted by atomic mass is 10.1. The lowest BCUT2D eigenvalue weighted by Gasteiger charge is -2.15. The second kappa shape index (κ2) is 7.64. The predicted octanol–water partition coefficient (Wildman–Crippen LogP) is 4.27. The number of hydrogen-bond donors (Lipinski definition) is 1. The van der Waals surface area contributed by atoms with Crippen molar-refractivity contribution in [1.29, 1.82) is 0 Å². The molecule has 0 saturated heterocycles. The van der Waals surface area contributed by atoms with Crippen molar-refractivity contribution >= 4 is 5.91 Å². The summed E-state index contributed by atoms with van der Waals surface area (Å²) in [5.41, 5.74) is 2.95. The first-order chi connectivity index (χ1) is 10.6. The highest BCUT2D eigenvalue weighted by atomic mass is 16.5. The Morgan fingerprint density at radius 1 is 1.09 bits per heavy atom. The Morgan fingerprint density at radius 3 is 2.32 bits per heavy atom. The third-order valence-corrected chi connectivity index (χ3v) is 3.51. The number of rotatable bonds is 6. The summed E-state index contributed by atoms with van der Waals surface area (Å²) < 4.78 is 5.52. The molecule has 1 atom stereocenters. The zero-order chi connectivity index (χ0) is 15.9. The highest BCUT2D eigenvalue weighted by Gasteiger charge is 2.11. The molecule has 2 aromatic rings. The van der Waals surface area contributed by atoms with E-state index in [1.54, 1.807) is 12.1 Å². The van der Waals surface area contributed by atoms with Gasteiger partial charge in [0.1, 0.15) is 5.75 Å². The molecule has 0 aliphatic heterocycles. The van der Waals surface area contributed by atoms with E-state index >= 15 is 0 Å². The van der Waals surface area contributed by atoms with Crippen LogP contribution in [0.25, 0.3) is 0 Å². The molecule has 0 unspecified atom stereocenters. The predicted molar refractivity (Wildman–Crippen MR) is 89.3 cm³/mol. The van der Waals surface area contributed by atoms with E-state index in [1.807, 2.05) is 31.2 Å². The summed E-state index contributed by atoms with van der Waals surface area (Å²) in [5, 5.41) is 3.01. The van der Waals surface area contributed by atoms with Crippen molar-refractivity contribution in [3.63, 3.8) is 0 Å². The zero-order valence-electron chi connectivity index (χ0n) is 13.4. The molecule has 0 radical (unpaired) electrons. The topological polar surface area (TPSA) is 38.3 Å². The minimum absolute atomic E-state index is 0.0240. The van der Waals surface area contributed by atoms with Crippen LogP contribution in [0, 0.1) is 6.92 Å². The van der Waals surface area contributed by atoms with E-state index in [0.717, 1.165) is 17.7 Å². The van der Waals surface area contributed by atoms with Gasteiger partial charge in [0.05, 0.1) is 12.6 Å². The zero-order valence-corrected chi connectivity index (χ0v) is 13.4. The summed E-state index contributed by atoms with van der Waals surface area (Å²) in [7, 11) is 0. The lowest BCUT2D eigenvalue weighted by Crippen LogP contribution is -2.26. The summed E-state index contributed by atoms with van der Waals surface area (Å²) in [4.78, 5) is 12.3. The second-order valence-electron chi connectivity index (χ2n) is 5.48. The van der Waals surface area contributed by atoms with Crippen LogP contribution in [-0.2, 0) is 0 Å². The summed E-state index contributed by atoms with van der Waals surface area (Å²) in [6, 6.07) is 15.4. The van der Waals surface area contributed by atoms with Gasteiger partial charge < -0.3 is 10.1 Å². The van der Waals surface area contributed by atoms with E-state index in [4.69, 9.17) is 4.74 Å². The van der Waals surface area contributed by atoms with Gasteiger partial charge in [-0.2, -0.15) is 0 Å². The molecule has 3 nitrogen and oxygen atoms in total. The quantitative estimate of drug-likeness (QED) is 0.864. The first kappa shape index (κ1) is 16.1. The van der Waals surface area contributed by atoms with Crippen LogP contribution >= 0.6 is 0 Å². The molecule has 2 rings (SSSR count). The van der Waals surface area contributed by atoms with Crippen LogP contribution in [-0.4, -0.2) is 12.5 Å². The molecule has 0 fully saturated rings. The normalized spacial score (nSPS) is 11.8. The average Bonchev–Trinajstić information content (AvgIpc) is 2.54. The molecule has 1 N–H and O–H groups in total. The molecule has 0 heterocycles. The maximum Gasteiger partial charge on any atom is 0.251 e. The highest BCUT2D eigenvalue weighted by Crippen LogP contribution is 2.16. The molecular formula is C19H23NO2. The number of benzene rings is 2. The van der Waals surface area contributed by atoms with Gasteiger partial charge >= 0.3 is 0 Å². The van der Waals surface area contributed by atoms with Crippen molar-refractivity contribution in [2.24, 2.45) is 0 Å². The molecule has 3 heteroatoms. The van der Waals surface area contributed by atoms with Crippen molar-refractivity contribution in [3.8, 4) is 5.75 Å². The van der Waals surface area contributed by atoms with Crippen LogP contribution in [0.5, 0.6) is 5.75 Å². The first-order valence-corrected chi connectivity index (χ1v) is 7.70. The summed E-state index contributed by atoms with van der Waals surface area (Å²) in [6.45, 7) is 6.79. The van der Waals surface area contributed by atoms with Gasteiger partial charge in [-0.05, 0) is 50.1 Å². The third-order valence-electron chi connectivity index (χ3n) is 3.51. The van der Waals surface area contributed by atoms with E-state index in [-0.39, 0.29) is 11.9 Å². The van der Waals surface area contributed by atoms with Gasteiger partial charge in [0.25, 0.3) is 5.91 Å². The van der Waals surface area contributed by atoms with Crippen molar-refractivity contribution in [2.75, 3.05) is 6.61 Å². The van der Waals surface area contributed by atoms with Gasteiger partial charge in [0.2, 0.25) is 0 Å². The molecule has 0 aliphatic rings. The number of aryl methyl sites for hydroxylation is 1. The number of hydrogen-bond acceptors (Lipinski definition) is 2. The van der Waals surface area contributed by atoms with Crippen LogP contribution in [0.4, 0.5) is 0 Å². The number of carbonyl (C=O) groups excluding carboxylic acids is 1. The molecule has 0 aliphatic carbocycles. The largest absolute Gasteiger partial charge is 0.494 e. The Labute approximate surface area is 132 Å². The fraction of sp³-hybridized carbons (Fsp3) is 0.316. The Kier molecular flexibility index (Phi) is 5.59. The first-order valence-electron chi connectivity index (χ1n) is 7.70. The van der Waals surface area contributed by atoms with Gasteiger partial charge in [-0.1, -0.05) is 36.8 Å². The van der Waals surface area contributed by atoms with Crippen LogP contribution in [0.1, 0.15) is 47.8 Å². The van der Waals surface area contributed by atoms with E-state index < -0.39 is 0 Å². The van der Waals surface area contributed by atoms with Crippen LogP contribution in [0.3, 0.4) is 0 Å². The van der Waals surface area contributed by atoms with Crippen molar-refractivity contribution < 1.29 is 9.53 Å². The summed E-state index contributed by atoms with van der Waals surface area (Å²) in [6.07, 6.45) is 0.969. The molecule has 0 bridgehead atoms. The smallest absolute Gasteiger partial charge is 0.251 e. The van der Waals surface area contributed by atoms with Gasteiger partial charge in [-0.15, -0.1) is 0 Å². The Hall–Kier alpha value is -2.29. The Morgan fingerprint density at radius 2 is 1.73 bits per heavy atom. The van der Waals surface area contributed by atoms with Gasteiger partial charge in [-0.25, -0.2) is 0 Å². The van der Waals surface area contributed by atoms with E-state index in [1.165, 1.54) is 5.56 Å². The minimum atomic E-state index is -0.0740. The van der Waals surface area contributed by atoms with Gasteiger partial charge in [-0.3, -0.25) is 4.79 Å². The second-order valence-corrected chi connectivity index (χ2v) is 5.48. The maximum atomic E-state index is 12.3. The van der Waals surface area contributed by atoms with E-state index in [0.29, 0.717) is 12.2 Å². The maximum absolute atomic E-state index is 12.3. The Bertz CT molecular complexity index is 602. The highest BCUT2D eigenvalue weighted by molar-refractivity contribution is 5.94. The number of ether oxygens (including phenoxy) is 1. The summed E-state index contributed by atoms with van der Waals surface area (Å²) in [5.74, 6) is 0.722. The van der Waals surface area contributed by atoms with Crippen molar-refractivity contribution in [3.05, 3.63) is 65.2 Å². The molecule has 116 valence electrons. The SMILES string of the molecule is CCCOc1ccc(C(=O)N[C@H](C)c2ccc(C)cc2)cc1. The molecule has 0 aromatic heterocycles. The third kappa shape index (κ3) is 4.35. The standard InChI is InChI=1S/C19H23NO2/c1-4-13-22-18-11-9-17(10-12-18)19(21)20-15(3)16-7-5-14(2)6-8-16/h5-12,15H,4,13H2,1-3H3,(H,20,21)/t15-/m1/s1. The number of carbonyl (C=O) groups is 1. The fourth-order valence-corrected chi connectivity index (χ4v) is 2.14. The van der Waals surface area contributed by atoms with Crippen LogP contribution < -0.4 is 10.1 Å². The summed E-state index contributed by atoms with van der Waals surface area (Å²) >= 11 is 0. The number of amides is 1. The molecule has 0 saturated carbocycles. The van der Waals surface area contributed by atoms with Crippen molar-refractivity contribution in [2.45, 2.75) is 33.2 Å². The lowest BCUT2D eigenvalue weighted by molar-refractivity contribution is 0.0940.